The maximum atomic E-state index is 12.6. The summed E-state index contributed by atoms with van der Waals surface area (Å²) in [5.41, 5.74) is 7.72. The fourth-order valence-electron chi connectivity index (χ4n) is 3.66. The summed E-state index contributed by atoms with van der Waals surface area (Å²) in [5.74, 6) is 0.0104. The van der Waals surface area contributed by atoms with E-state index in [9.17, 15) is 13.2 Å². The zero-order valence-electron chi connectivity index (χ0n) is 15.8. The Kier molecular flexibility index (Phi) is 7.06. The highest BCUT2D eigenvalue weighted by Crippen LogP contribution is 2.38. The van der Waals surface area contributed by atoms with Crippen molar-refractivity contribution in [1.82, 2.24) is 0 Å². The van der Waals surface area contributed by atoms with Crippen molar-refractivity contribution in [1.29, 1.82) is 0 Å². The lowest BCUT2D eigenvalue weighted by atomic mass is 9.71. The van der Waals surface area contributed by atoms with E-state index in [0.29, 0.717) is 36.3 Å². The van der Waals surface area contributed by atoms with Gasteiger partial charge < -0.3 is 11.1 Å². The smallest absolute Gasteiger partial charge is 0.232 e. The van der Waals surface area contributed by atoms with E-state index in [2.05, 4.69) is 10.0 Å². The monoisotopic (exact) mass is 381 g/mol. The number of nitrogens with one attached hydrogen (secondary N) is 2. The Morgan fingerprint density at radius 1 is 1.19 bits per heavy atom. The second-order valence-corrected chi connectivity index (χ2v) is 9.23. The van der Waals surface area contributed by atoms with Crippen molar-refractivity contribution in [2.24, 2.45) is 11.1 Å². The van der Waals surface area contributed by atoms with Crippen molar-refractivity contribution in [3.8, 4) is 0 Å². The van der Waals surface area contributed by atoms with Gasteiger partial charge in [0.05, 0.1) is 11.4 Å². The Morgan fingerprint density at radius 2 is 1.85 bits per heavy atom. The average Bonchev–Trinajstić information content (AvgIpc) is 2.59. The van der Waals surface area contributed by atoms with Gasteiger partial charge in [-0.25, -0.2) is 8.42 Å². The van der Waals surface area contributed by atoms with Crippen molar-refractivity contribution in [3.63, 3.8) is 0 Å². The van der Waals surface area contributed by atoms with Gasteiger partial charge in [-0.15, -0.1) is 0 Å². The third kappa shape index (κ3) is 5.45. The van der Waals surface area contributed by atoms with Gasteiger partial charge in [-0.2, -0.15) is 0 Å². The number of hydrogen-bond acceptors (Lipinski definition) is 4. The second-order valence-electron chi connectivity index (χ2n) is 7.39. The van der Waals surface area contributed by atoms with Crippen molar-refractivity contribution in [3.05, 3.63) is 23.8 Å². The molecule has 146 valence electrons. The number of rotatable bonds is 8. The highest BCUT2D eigenvalue weighted by molar-refractivity contribution is 7.92. The average molecular weight is 382 g/mol. The van der Waals surface area contributed by atoms with Crippen molar-refractivity contribution < 1.29 is 13.2 Å². The Labute approximate surface area is 157 Å². The van der Waals surface area contributed by atoms with Gasteiger partial charge in [0.2, 0.25) is 15.9 Å². The molecule has 1 amide bonds. The van der Waals surface area contributed by atoms with Gasteiger partial charge in [-0.3, -0.25) is 9.52 Å². The van der Waals surface area contributed by atoms with Crippen molar-refractivity contribution >= 4 is 27.3 Å². The molecule has 1 aliphatic carbocycles. The fourth-order valence-corrected chi connectivity index (χ4v) is 4.85. The Balaban J connectivity index is 2.09. The highest BCUT2D eigenvalue weighted by atomic mass is 32.2. The summed E-state index contributed by atoms with van der Waals surface area (Å²) in [6.07, 6.45) is 6.40. The van der Waals surface area contributed by atoms with Crippen LogP contribution in [0.4, 0.5) is 11.4 Å². The molecule has 0 unspecified atom stereocenters. The van der Waals surface area contributed by atoms with Crippen molar-refractivity contribution in [2.75, 3.05) is 22.3 Å². The summed E-state index contributed by atoms with van der Waals surface area (Å²) in [7, 11) is -3.37. The van der Waals surface area contributed by atoms with E-state index in [1.54, 1.807) is 25.1 Å². The number of nitrogens with two attached hydrogens (primary N) is 1. The summed E-state index contributed by atoms with van der Waals surface area (Å²) in [6.45, 7) is 4.15. The third-order valence-corrected chi connectivity index (χ3v) is 6.71. The topological polar surface area (TPSA) is 101 Å². The summed E-state index contributed by atoms with van der Waals surface area (Å²) in [4.78, 5) is 12.6. The molecule has 0 atom stereocenters. The number of benzene rings is 1. The SMILES string of the molecule is CCCS(=O)(=O)Nc1cccc(NC(=O)CC2(CN)CCCCC2)c1C. The standard InChI is InChI=1S/C19H31N3O3S/c1-3-12-26(24,25)22-17-9-7-8-16(15(17)2)21-18(23)13-19(14-20)10-5-4-6-11-19/h7-9,22H,3-6,10-14,20H2,1-2H3,(H,21,23). The van der Waals surface area contributed by atoms with Gasteiger partial charge in [0.25, 0.3) is 0 Å². The number of carbonyl (C=O) groups is 1. The Hall–Kier alpha value is -1.60. The molecule has 6 nitrogen and oxygen atoms in total. The first-order chi connectivity index (χ1) is 12.3. The molecule has 0 aliphatic heterocycles. The first-order valence-electron chi connectivity index (χ1n) is 9.41. The lowest BCUT2D eigenvalue weighted by Crippen LogP contribution is -2.36. The lowest BCUT2D eigenvalue weighted by molar-refractivity contribution is -0.118. The van der Waals surface area contributed by atoms with Crippen LogP contribution in [0.15, 0.2) is 18.2 Å². The quantitative estimate of drug-likeness (QED) is 0.642. The first-order valence-corrected chi connectivity index (χ1v) is 11.1. The Morgan fingerprint density at radius 3 is 2.46 bits per heavy atom. The van der Waals surface area contributed by atoms with Crippen LogP contribution in [0.3, 0.4) is 0 Å². The molecule has 4 N–H and O–H groups in total. The maximum Gasteiger partial charge on any atom is 0.232 e. The normalized spacial score (nSPS) is 16.9. The van der Waals surface area contributed by atoms with Gasteiger partial charge in [0.15, 0.2) is 0 Å². The molecule has 1 fully saturated rings. The summed E-state index contributed by atoms with van der Waals surface area (Å²) < 4.78 is 26.6. The first kappa shape index (κ1) is 20.7. The molecule has 0 radical (unpaired) electrons. The van der Waals surface area contributed by atoms with E-state index in [0.717, 1.165) is 25.7 Å². The van der Waals surface area contributed by atoms with E-state index >= 15 is 0 Å². The van der Waals surface area contributed by atoms with Gasteiger partial charge in [-0.1, -0.05) is 32.3 Å². The summed E-state index contributed by atoms with van der Waals surface area (Å²) >= 11 is 0. The fraction of sp³-hybridized carbons (Fsp3) is 0.632. The van der Waals surface area contributed by atoms with Crippen LogP contribution in [0.1, 0.15) is 57.4 Å². The van der Waals surface area contributed by atoms with Gasteiger partial charge in [0.1, 0.15) is 0 Å². The van der Waals surface area contributed by atoms with E-state index in [4.69, 9.17) is 5.73 Å². The van der Waals surface area contributed by atoms with Crippen LogP contribution in [0.2, 0.25) is 0 Å². The van der Waals surface area contributed by atoms with E-state index in [1.807, 2.05) is 6.92 Å². The zero-order valence-corrected chi connectivity index (χ0v) is 16.6. The molecule has 0 aromatic heterocycles. The minimum atomic E-state index is -3.37. The summed E-state index contributed by atoms with van der Waals surface area (Å²) in [5, 5.41) is 2.95. The van der Waals surface area contributed by atoms with Crippen LogP contribution in [0.25, 0.3) is 0 Å². The van der Waals surface area contributed by atoms with Gasteiger partial charge in [0, 0.05) is 12.1 Å². The number of amides is 1. The predicted molar refractivity (Wildman–Crippen MR) is 107 cm³/mol. The minimum Gasteiger partial charge on any atom is -0.330 e. The molecule has 0 saturated heterocycles. The van der Waals surface area contributed by atoms with Crippen molar-refractivity contribution in [2.45, 2.75) is 58.8 Å². The van der Waals surface area contributed by atoms with Crippen LogP contribution in [-0.2, 0) is 14.8 Å². The third-order valence-electron chi connectivity index (χ3n) is 5.23. The predicted octanol–water partition coefficient (Wildman–Crippen LogP) is 3.38. The number of anilines is 2. The minimum absolute atomic E-state index is 0.0611. The molecular weight excluding hydrogens is 350 g/mol. The molecule has 0 spiro atoms. The van der Waals surface area contributed by atoms with Gasteiger partial charge in [-0.05, 0) is 55.8 Å². The number of sulfonamides is 1. The number of hydrogen-bond donors (Lipinski definition) is 3. The molecule has 7 heteroatoms. The van der Waals surface area contributed by atoms with E-state index in [1.165, 1.54) is 6.42 Å². The molecule has 1 aromatic rings. The second kappa shape index (κ2) is 8.86. The Bertz CT molecular complexity index is 726. The van der Waals surface area contributed by atoms with Crippen LogP contribution in [0.5, 0.6) is 0 Å². The van der Waals surface area contributed by atoms with E-state index in [-0.39, 0.29) is 17.1 Å². The molecule has 1 saturated carbocycles. The zero-order chi connectivity index (χ0) is 19.2. The van der Waals surface area contributed by atoms with Crippen LogP contribution in [0, 0.1) is 12.3 Å². The molecule has 0 bridgehead atoms. The van der Waals surface area contributed by atoms with E-state index < -0.39 is 10.0 Å². The highest BCUT2D eigenvalue weighted by Gasteiger charge is 2.33. The molecule has 2 rings (SSSR count). The summed E-state index contributed by atoms with van der Waals surface area (Å²) in [6, 6.07) is 5.24. The molecule has 1 aliphatic rings. The molecule has 0 heterocycles. The van der Waals surface area contributed by atoms with Crippen LogP contribution >= 0.6 is 0 Å². The largest absolute Gasteiger partial charge is 0.330 e. The van der Waals surface area contributed by atoms with Crippen LogP contribution < -0.4 is 15.8 Å². The van der Waals surface area contributed by atoms with Gasteiger partial charge >= 0.3 is 0 Å². The molecule has 26 heavy (non-hydrogen) atoms. The number of carbonyl (C=O) groups excluding carboxylic acids is 1. The maximum absolute atomic E-state index is 12.6. The van der Waals surface area contributed by atoms with Crippen LogP contribution in [-0.4, -0.2) is 26.6 Å². The lowest BCUT2D eigenvalue weighted by Gasteiger charge is -2.35. The molecular formula is C19H31N3O3S. The molecule has 1 aromatic carbocycles.